The predicted octanol–water partition coefficient (Wildman–Crippen LogP) is -0.831. The van der Waals surface area contributed by atoms with Crippen molar-refractivity contribution in [2.75, 3.05) is 26.2 Å². The van der Waals surface area contributed by atoms with Crippen LogP contribution in [0.5, 0.6) is 0 Å². The summed E-state index contributed by atoms with van der Waals surface area (Å²) in [5.74, 6) is -3.82. The summed E-state index contributed by atoms with van der Waals surface area (Å²) < 4.78 is 0. The summed E-state index contributed by atoms with van der Waals surface area (Å²) >= 11 is 0. The molecule has 0 aliphatic carbocycles. The van der Waals surface area contributed by atoms with Crippen LogP contribution < -0.4 is 16.8 Å². The zero-order valence-electron chi connectivity index (χ0n) is 11.6. The number of nitrogens with one attached hydrogen (secondary N) is 1. The number of carbonyl (C=O) groups excluding carboxylic acids is 1. The second-order valence-electron chi connectivity index (χ2n) is 4.01. The first-order valence-corrected chi connectivity index (χ1v) is 6.54. The Morgan fingerprint density at radius 1 is 0.850 bits per heavy atom. The molecule has 0 saturated heterocycles. The van der Waals surface area contributed by atoms with Crippen molar-refractivity contribution < 1.29 is 24.6 Å². The van der Waals surface area contributed by atoms with Gasteiger partial charge in [0.15, 0.2) is 0 Å². The molecule has 0 rings (SSSR count). The summed E-state index contributed by atoms with van der Waals surface area (Å²) in [5, 5.41) is 19.2. The number of nitrogens with two attached hydrogens (primary N) is 2. The molecule has 0 atom stereocenters. The van der Waals surface area contributed by atoms with Crippen LogP contribution in [0.2, 0.25) is 0 Å². The molecule has 118 valence electrons. The van der Waals surface area contributed by atoms with Crippen molar-refractivity contribution in [3.05, 3.63) is 0 Å². The summed E-state index contributed by atoms with van der Waals surface area (Å²) in [4.78, 5) is 29.7. The maximum atomic E-state index is 10.2. The van der Waals surface area contributed by atoms with Gasteiger partial charge in [-0.15, -0.1) is 0 Å². The molecule has 0 amide bonds. The minimum absolute atomic E-state index is 0.425. The highest BCUT2D eigenvalue weighted by atomic mass is 16.4. The second-order valence-corrected chi connectivity index (χ2v) is 4.01. The molecule has 0 heterocycles. The molecule has 0 saturated carbocycles. The molecule has 0 unspecified atom stereocenters. The lowest BCUT2D eigenvalue weighted by Gasteiger charge is -2.01. The van der Waals surface area contributed by atoms with Crippen LogP contribution >= 0.6 is 0 Å². The third-order valence-electron chi connectivity index (χ3n) is 2.17. The molecule has 0 aliphatic rings. The highest BCUT2D eigenvalue weighted by Crippen LogP contribution is 1.90. The van der Waals surface area contributed by atoms with Gasteiger partial charge in [0.2, 0.25) is 5.78 Å². The third kappa shape index (κ3) is 18.8. The molecule has 0 fully saturated rings. The van der Waals surface area contributed by atoms with Crippen LogP contribution in [0.4, 0.5) is 0 Å². The highest BCUT2D eigenvalue weighted by Gasteiger charge is 2.12. The largest absolute Gasteiger partial charge is 0.481 e. The van der Waals surface area contributed by atoms with E-state index < -0.39 is 30.6 Å². The average molecular weight is 291 g/mol. The second kappa shape index (κ2) is 15.5. The highest BCUT2D eigenvalue weighted by molar-refractivity contribution is 6.32. The fourth-order valence-corrected chi connectivity index (χ4v) is 1.07. The van der Waals surface area contributed by atoms with Crippen LogP contribution in [0.25, 0.3) is 0 Å². The lowest BCUT2D eigenvalue weighted by atomic mass is 10.2. The Kier molecular flexibility index (Phi) is 16.2. The lowest BCUT2D eigenvalue weighted by Crippen LogP contribution is -2.19. The van der Waals surface area contributed by atoms with Crippen LogP contribution in [-0.2, 0) is 14.4 Å². The van der Waals surface area contributed by atoms with Crippen molar-refractivity contribution in [1.82, 2.24) is 5.32 Å². The number of ketones is 1. The summed E-state index contributed by atoms with van der Waals surface area (Å²) in [7, 11) is 0. The molecule has 0 radical (unpaired) electrons. The Labute approximate surface area is 118 Å². The average Bonchev–Trinajstić information content (AvgIpc) is 2.40. The molecule has 0 aliphatic heterocycles. The van der Waals surface area contributed by atoms with Crippen molar-refractivity contribution in [1.29, 1.82) is 0 Å². The molecule has 7 N–H and O–H groups in total. The molecular weight excluding hydrogens is 266 g/mol. The monoisotopic (exact) mass is 291 g/mol. The molecular formula is C12H25N3O5. The maximum absolute atomic E-state index is 10.2. The number of Topliss-reactive ketones (excluding diaryl/α,β-unsaturated/α-hetero) is 1. The van der Waals surface area contributed by atoms with E-state index in [2.05, 4.69) is 5.32 Å². The van der Waals surface area contributed by atoms with Crippen molar-refractivity contribution in [2.45, 2.75) is 32.1 Å². The number of carbonyl (C=O) groups is 3. The van der Waals surface area contributed by atoms with E-state index in [9.17, 15) is 14.4 Å². The standard InChI is InChI=1S/C7H19N3.C5H6O5/c8-4-1-2-6-10-7-3-5-9;6-3(5(9)10)1-2-4(7)8/h10H,1-9H2;1-2H2,(H,7,8)(H,9,10). The first-order valence-electron chi connectivity index (χ1n) is 6.54. The Morgan fingerprint density at radius 2 is 1.40 bits per heavy atom. The minimum atomic E-state index is -1.58. The van der Waals surface area contributed by atoms with Crippen molar-refractivity contribution in [3.8, 4) is 0 Å². The predicted molar refractivity (Wildman–Crippen MR) is 74.3 cm³/mol. The van der Waals surface area contributed by atoms with Crippen LogP contribution in [0.1, 0.15) is 32.1 Å². The fourth-order valence-electron chi connectivity index (χ4n) is 1.07. The molecule has 0 spiro atoms. The Morgan fingerprint density at radius 3 is 1.85 bits per heavy atom. The third-order valence-corrected chi connectivity index (χ3v) is 2.17. The lowest BCUT2D eigenvalue weighted by molar-refractivity contribution is -0.149. The van der Waals surface area contributed by atoms with Gasteiger partial charge in [-0.05, 0) is 45.4 Å². The number of aliphatic carboxylic acids is 2. The van der Waals surface area contributed by atoms with E-state index in [-0.39, 0.29) is 0 Å². The number of carboxylic acid groups (broad SMARTS) is 2. The van der Waals surface area contributed by atoms with Gasteiger partial charge >= 0.3 is 11.9 Å². The van der Waals surface area contributed by atoms with E-state index in [1.807, 2.05) is 0 Å². The quantitative estimate of drug-likeness (QED) is 0.244. The SMILES string of the molecule is NCCCCNCCCN.O=C(O)CCC(=O)C(=O)O. The number of carboxylic acids is 2. The Hall–Kier alpha value is -1.51. The molecule has 0 bridgehead atoms. The van der Waals surface area contributed by atoms with Crippen molar-refractivity contribution in [3.63, 3.8) is 0 Å². The van der Waals surface area contributed by atoms with Gasteiger partial charge in [0.1, 0.15) is 0 Å². The van der Waals surface area contributed by atoms with Crippen LogP contribution in [0.15, 0.2) is 0 Å². The van der Waals surface area contributed by atoms with Crippen LogP contribution in [-0.4, -0.2) is 54.1 Å². The molecule has 0 aromatic rings. The maximum Gasteiger partial charge on any atom is 0.372 e. The van der Waals surface area contributed by atoms with Gasteiger partial charge < -0.3 is 27.0 Å². The minimum Gasteiger partial charge on any atom is -0.481 e. The van der Waals surface area contributed by atoms with E-state index in [0.717, 1.165) is 39.0 Å². The number of hydrogen-bond acceptors (Lipinski definition) is 6. The van der Waals surface area contributed by atoms with Gasteiger partial charge in [-0.3, -0.25) is 9.59 Å². The first kappa shape index (κ1) is 20.8. The van der Waals surface area contributed by atoms with Gasteiger partial charge in [0.25, 0.3) is 0 Å². The number of rotatable bonds is 11. The molecule has 0 aromatic carbocycles. The normalized spacial score (nSPS) is 9.50. The van der Waals surface area contributed by atoms with Gasteiger partial charge in [-0.2, -0.15) is 0 Å². The molecule has 8 nitrogen and oxygen atoms in total. The van der Waals surface area contributed by atoms with Crippen LogP contribution in [0, 0.1) is 0 Å². The smallest absolute Gasteiger partial charge is 0.372 e. The Bertz CT molecular complexity index is 276. The van der Waals surface area contributed by atoms with Crippen molar-refractivity contribution in [2.24, 2.45) is 11.5 Å². The van der Waals surface area contributed by atoms with E-state index in [1.165, 1.54) is 6.42 Å². The zero-order valence-corrected chi connectivity index (χ0v) is 11.6. The molecule has 20 heavy (non-hydrogen) atoms. The van der Waals surface area contributed by atoms with E-state index in [0.29, 0.717) is 0 Å². The summed E-state index contributed by atoms with van der Waals surface area (Å²) in [6.07, 6.45) is 2.51. The van der Waals surface area contributed by atoms with E-state index in [1.54, 1.807) is 0 Å². The van der Waals surface area contributed by atoms with Gasteiger partial charge in [-0.1, -0.05) is 0 Å². The van der Waals surface area contributed by atoms with Crippen LogP contribution in [0.3, 0.4) is 0 Å². The van der Waals surface area contributed by atoms with E-state index >= 15 is 0 Å². The van der Waals surface area contributed by atoms with Crippen molar-refractivity contribution >= 4 is 17.7 Å². The zero-order chi connectivity index (χ0) is 15.8. The number of hydrogen-bond donors (Lipinski definition) is 5. The fraction of sp³-hybridized carbons (Fsp3) is 0.750. The van der Waals surface area contributed by atoms with Gasteiger partial charge in [0, 0.05) is 6.42 Å². The molecule has 8 heteroatoms. The van der Waals surface area contributed by atoms with Gasteiger partial charge in [-0.25, -0.2) is 4.79 Å². The van der Waals surface area contributed by atoms with E-state index in [4.69, 9.17) is 21.7 Å². The molecule has 0 aromatic heterocycles. The topological polar surface area (TPSA) is 156 Å². The summed E-state index contributed by atoms with van der Waals surface area (Å²) in [6.45, 7) is 3.71. The first-order chi connectivity index (χ1) is 9.45. The number of unbranched alkanes of at least 4 members (excludes halogenated alkanes) is 1. The summed E-state index contributed by atoms with van der Waals surface area (Å²) in [6, 6.07) is 0. The Balaban J connectivity index is 0. The van der Waals surface area contributed by atoms with Gasteiger partial charge in [0.05, 0.1) is 6.42 Å². The summed E-state index contributed by atoms with van der Waals surface area (Å²) in [5.41, 5.74) is 10.6.